The molecule has 1 amide bonds. The fourth-order valence-electron chi connectivity index (χ4n) is 3.90. The van der Waals surface area contributed by atoms with Gasteiger partial charge in [-0.25, -0.2) is 4.79 Å². The summed E-state index contributed by atoms with van der Waals surface area (Å²) in [5, 5.41) is 2.86. The van der Waals surface area contributed by atoms with Crippen molar-refractivity contribution in [3.8, 4) is 11.5 Å². The van der Waals surface area contributed by atoms with E-state index in [4.69, 9.17) is 15.2 Å². The molecule has 0 radical (unpaired) electrons. The summed E-state index contributed by atoms with van der Waals surface area (Å²) in [7, 11) is 1.32. The summed E-state index contributed by atoms with van der Waals surface area (Å²) in [6, 6.07) is 17.9. The molecule has 6 nitrogen and oxygen atoms in total. The Morgan fingerprint density at radius 3 is 2.05 bits per heavy atom. The molecule has 0 aromatic heterocycles. The SMILES string of the molecule is CCC(C)(C)c1ccc(Oc2ccc(N)cc2C(=O)Nc2ccc(C(=O)OC)cc2)c(C(C)(C)CC)c1. The van der Waals surface area contributed by atoms with Gasteiger partial charge < -0.3 is 20.5 Å². The Labute approximate surface area is 220 Å². The zero-order chi connectivity index (χ0) is 27.4. The fraction of sp³-hybridized carbons (Fsp3) is 0.355. The van der Waals surface area contributed by atoms with Crippen LogP contribution in [0.2, 0.25) is 0 Å². The van der Waals surface area contributed by atoms with Crippen LogP contribution in [0.5, 0.6) is 11.5 Å². The number of carbonyl (C=O) groups excluding carboxylic acids is 2. The molecule has 3 N–H and O–H groups in total. The maximum Gasteiger partial charge on any atom is 0.337 e. The van der Waals surface area contributed by atoms with Crippen LogP contribution >= 0.6 is 0 Å². The van der Waals surface area contributed by atoms with E-state index in [-0.39, 0.29) is 16.7 Å². The van der Waals surface area contributed by atoms with Crippen LogP contribution in [-0.4, -0.2) is 19.0 Å². The first kappa shape index (κ1) is 27.8. The Kier molecular flexibility index (Phi) is 8.32. The zero-order valence-corrected chi connectivity index (χ0v) is 22.9. The largest absolute Gasteiger partial charge is 0.465 e. The third-order valence-corrected chi connectivity index (χ3v) is 7.29. The van der Waals surface area contributed by atoms with E-state index in [2.05, 4.69) is 59.0 Å². The van der Waals surface area contributed by atoms with Gasteiger partial charge in [0.05, 0.1) is 18.2 Å². The number of esters is 1. The van der Waals surface area contributed by atoms with Crippen molar-refractivity contribution in [2.75, 3.05) is 18.2 Å². The highest BCUT2D eigenvalue weighted by atomic mass is 16.5. The van der Waals surface area contributed by atoms with Gasteiger partial charge in [-0.1, -0.05) is 53.7 Å². The van der Waals surface area contributed by atoms with Gasteiger partial charge in [-0.05, 0) is 77.8 Å². The number of amides is 1. The van der Waals surface area contributed by atoms with Gasteiger partial charge in [0.25, 0.3) is 5.91 Å². The summed E-state index contributed by atoms with van der Waals surface area (Å²) in [6.45, 7) is 13.2. The quantitative estimate of drug-likeness (QED) is 0.234. The van der Waals surface area contributed by atoms with Crippen LogP contribution in [0.1, 0.15) is 86.2 Å². The van der Waals surface area contributed by atoms with E-state index in [0.29, 0.717) is 34.0 Å². The average Bonchev–Trinajstić information content (AvgIpc) is 2.89. The van der Waals surface area contributed by atoms with Crippen molar-refractivity contribution in [2.24, 2.45) is 0 Å². The molecule has 0 bridgehead atoms. The molecular weight excluding hydrogens is 464 g/mol. The van der Waals surface area contributed by atoms with Gasteiger partial charge >= 0.3 is 5.97 Å². The highest BCUT2D eigenvalue weighted by Crippen LogP contribution is 2.41. The van der Waals surface area contributed by atoms with Gasteiger partial charge in [-0.2, -0.15) is 0 Å². The van der Waals surface area contributed by atoms with Crippen molar-refractivity contribution in [2.45, 2.75) is 65.2 Å². The predicted molar refractivity (Wildman–Crippen MR) is 150 cm³/mol. The minimum Gasteiger partial charge on any atom is -0.465 e. The van der Waals surface area contributed by atoms with Crippen molar-refractivity contribution in [3.63, 3.8) is 0 Å². The number of benzene rings is 3. The lowest BCUT2D eigenvalue weighted by atomic mass is 9.76. The van der Waals surface area contributed by atoms with Crippen molar-refractivity contribution in [1.82, 2.24) is 0 Å². The molecule has 0 atom stereocenters. The number of rotatable bonds is 9. The minimum absolute atomic E-state index is 0.0345. The number of anilines is 2. The predicted octanol–water partition coefficient (Wildman–Crippen LogP) is 7.48. The van der Waals surface area contributed by atoms with Gasteiger partial charge in [0.2, 0.25) is 0 Å². The molecular formula is C31H38N2O4. The Bertz CT molecular complexity index is 1280. The van der Waals surface area contributed by atoms with Gasteiger partial charge in [0.1, 0.15) is 11.5 Å². The topological polar surface area (TPSA) is 90.6 Å². The monoisotopic (exact) mass is 502 g/mol. The zero-order valence-electron chi connectivity index (χ0n) is 22.9. The van der Waals surface area contributed by atoms with E-state index >= 15 is 0 Å². The summed E-state index contributed by atoms with van der Waals surface area (Å²) < 4.78 is 11.2. The van der Waals surface area contributed by atoms with E-state index < -0.39 is 5.97 Å². The smallest absolute Gasteiger partial charge is 0.337 e. The Morgan fingerprint density at radius 1 is 0.838 bits per heavy atom. The normalized spacial score (nSPS) is 11.6. The maximum absolute atomic E-state index is 13.3. The summed E-state index contributed by atoms with van der Waals surface area (Å²) in [6.07, 6.45) is 1.94. The van der Waals surface area contributed by atoms with Crippen molar-refractivity contribution in [1.29, 1.82) is 0 Å². The average molecular weight is 503 g/mol. The molecule has 0 unspecified atom stereocenters. The van der Waals surface area contributed by atoms with Gasteiger partial charge in [0.15, 0.2) is 0 Å². The van der Waals surface area contributed by atoms with Crippen LogP contribution in [0, 0.1) is 0 Å². The number of hydrogen-bond acceptors (Lipinski definition) is 5. The summed E-state index contributed by atoms with van der Waals surface area (Å²) in [5.41, 5.74) is 9.98. The number of nitrogen functional groups attached to an aromatic ring is 1. The third kappa shape index (κ3) is 6.31. The lowest BCUT2D eigenvalue weighted by Gasteiger charge is -2.30. The van der Waals surface area contributed by atoms with E-state index in [9.17, 15) is 9.59 Å². The summed E-state index contributed by atoms with van der Waals surface area (Å²) in [4.78, 5) is 25.0. The first-order valence-electron chi connectivity index (χ1n) is 12.6. The van der Waals surface area contributed by atoms with Crippen LogP contribution in [0.15, 0.2) is 60.7 Å². The molecule has 0 aliphatic rings. The molecule has 0 saturated carbocycles. The van der Waals surface area contributed by atoms with Crippen LogP contribution in [-0.2, 0) is 15.6 Å². The van der Waals surface area contributed by atoms with E-state index in [1.807, 2.05) is 6.07 Å². The number of ether oxygens (including phenoxy) is 2. The van der Waals surface area contributed by atoms with E-state index in [1.54, 1.807) is 42.5 Å². The maximum atomic E-state index is 13.3. The molecule has 0 heterocycles. The van der Waals surface area contributed by atoms with Crippen molar-refractivity contribution < 1.29 is 19.1 Å². The summed E-state index contributed by atoms with van der Waals surface area (Å²) in [5.74, 6) is 0.314. The second-order valence-corrected chi connectivity index (χ2v) is 10.6. The van der Waals surface area contributed by atoms with Crippen LogP contribution in [0.25, 0.3) is 0 Å². The second-order valence-electron chi connectivity index (χ2n) is 10.6. The molecule has 3 aromatic rings. The van der Waals surface area contributed by atoms with E-state index in [0.717, 1.165) is 18.4 Å². The third-order valence-electron chi connectivity index (χ3n) is 7.29. The Balaban J connectivity index is 1.97. The molecule has 37 heavy (non-hydrogen) atoms. The molecule has 6 heteroatoms. The molecule has 0 aliphatic heterocycles. The molecule has 0 saturated heterocycles. The molecule has 0 fully saturated rings. The molecule has 0 aliphatic carbocycles. The number of methoxy groups -OCH3 is 1. The van der Waals surface area contributed by atoms with Crippen LogP contribution in [0.3, 0.4) is 0 Å². The second kappa shape index (κ2) is 11.1. The Morgan fingerprint density at radius 2 is 1.46 bits per heavy atom. The Hall–Kier alpha value is -3.80. The lowest BCUT2D eigenvalue weighted by Crippen LogP contribution is -2.21. The first-order valence-corrected chi connectivity index (χ1v) is 12.6. The number of nitrogens with two attached hydrogens (primary N) is 1. The van der Waals surface area contributed by atoms with Crippen molar-refractivity contribution >= 4 is 23.3 Å². The highest BCUT2D eigenvalue weighted by Gasteiger charge is 2.27. The first-order chi connectivity index (χ1) is 17.4. The van der Waals surface area contributed by atoms with Crippen LogP contribution in [0.4, 0.5) is 11.4 Å². The van der Waals surface area contributed by atoms with Gasteiger partial charge in [0, 0.05) is 16.9 Å². The number of hydrogen-bond donors (Lipinski definition) is 2. The van der Waals surface area contributed by atoms with Gasteiger partial charge in [-0.15, -0.1) is 0 Å². The fourth-order valence-corrected chi connectivity index (χ4v) is 3.90. The van der Waals surface area contributed by atoms with Crippen LogP contribution < -0.4 is 15.8 Å². The molecule has 196 valence electrons. The highest BCUT2D eigenvalue weighted by molar-refractivity contribution is 6.07. The molecule has 3 rings (SSSR count). The summed E-state index contributed by atoms with van der Waals surface area (Å²) >= 11 is 0. The minimum atomic E-state index is -0.441. The molecule has 3 aromatic carbocycles. The van der Waals surface area contributed by atoms with Gasteiger partial charge in [-0.3, -0.25) is 4.79 Å². The lowest BCUT2D eigenvalue weighted by molar-refractivity contribution is 0.0600. The van der Waals surface area contributed by atoms with E-state index in [1.165, 1.54) is 12.7 Å². The molecule has 0 spiro atoms. The number of nitrogens with one attached hydrogen (secondary N) is 1. The number of carbonyl (C=O) groups is 2. The van der Waals surface area contributed by atoms with Crippen molar-refractivity contribution in [3.05, 3.63) is 82.9 Å². The standard InChI is InChI=1S/C31H38N2O4/c1-8-30(3,4)21-12-16-27(25(18-21)31(5,6)9-2)37-26-17-13-22(32)19-24(26)28(34)33-23-14-10-20(11-15-23)29(35)36-7/h10-19H,8-9,32H2,1-7H3,(H,33,34).